The van der Waals surface area contributed by atoms with Crippen LogP contribution >= 0.6 is 0 Å². The van der Waals surface area contributed by atoms with Crippen LogP contribution in [0.25, 0.3) is 0 Å². The van der Waals surface area contributed by atoms with Crippen LogP contribution in [-0.2, 0) is 15.0 Å². The summed E-state index contributed by atoms with van der Waals surface area (Å²) < 4.78 is 0. The van der Waals surface area contributed by atoms with E-state index in [4.69, 9.17) is 0 Å². The Morgan fingerprint density at radius 1 is 1.04 bits per heavy atom. The second-order valence-electron chi connectivity index (χ2n) is 7.89. The molecule has 2 rings (SSSR count). The molecule has 0 spiro atoms. The van der Waals surface area contributed by atoms with E-state index in [2.05, 4.69) is 34.9 Å². The van der Waals surface area contributed by atoms with E-state index in [-0.39, 0.29) is 17.2 Å². The molecule has 1 aromatic rings. The van der Waals surface area contributed by atoms with Gasteiger partial charge in [0.25, 0.3) is 0 Å². The van der Waals surface area contributed by atoms with Crippen molar-refractivity contribution in [3.63, 3.8) is 0 Å². The standard InChI is InChI=1S/C20H30N2O2/c1-19(2,3)18(24)21-14-11-17(23)22-15-20(12-7-8-13-20)16-9-5-4-6-10-16/h4-6,9-10H,7-8,11-15H2,1-3H3,(H,21,24)(H,22,23). The average molecular weight is 330 g/mol. The van der Waals surface area contributed by atoms with Crippen LogP contribution < -0.4 is 10.6 Å². The highest BCUT2D eigenvalue weighted by Gasteiger charge is 2.35. The Morgan fingerprint density at radius 2 is 1.67 bits per heavy atom. The van der Waals surface area contributed by atoms with Crippen LogP contribution in [0.15, 0.2) is 30.3 Å². The molecule has 24 heavy (non-hydrogen) atoms. The fourth-order valence-electron chi connectivity index (χ4n) is 3.32. The van der Waals surface area contributed by atoms with Gasteiger partial charge in [-0.2, -0.15) is 0 Å². The third-order valence-corrected chi connectivity index (χ3v) is 4.89. The van der Waals surface area contributed by atoms with Crippen molar-refractivity contribution in [1.82, 2.24) is 10.6 Å². The van der Waals surface area contributed by atoms with Gasteiger partial charge in [0, 0.05) is 30.3 Å². The van der Waals surface area contributed by atoms with Crippen molar-refractivity contribution >= 4 is 11.8 Å². The van der Waals surface area contributed by atoms with Crippen molar-refractivity contribution < 1.29 is 9.59 Å². The topological polar surface area (TPSA) is 58.2 Å². The van der Waals surface area contributed by atoms with Crippen molar-refractivity contribution in [3.05, 3.63) is 35.9 Å². The molecule has 1 aromatic carbocycles. The highest BCUT2D eigenvalue weighted by atomic mass is 16.2. The van der Waals surface area contributed by atoms with Crippen LogP contribution in [0.4, 0.5) is 0 Å². The largest absolute Gasteiger partial charge is 0.355 e. The molecule has 0 unspecified atom stereocenters. The maximum absolute atomic E-state index is 12.1. The minimum absolute atomic E-state index is 0.00594. The van der Waals surface area contributed by atoms with E-state index in [0.29, 0.717) is 19.5 Å². The minimum atomic E-state index is -0.419. The number of carbonyl (C=O) groups is 2. The lowest BCUT2D eigenvalue weighted by Gasteiger charge is -2.30. The summed E-state index contributed by atoms with van der Waals surface area (Å²) in [7, 11) is 0. The molecule has 0 aromatic heterocycles. The maximum atomic E-state index is 12.1. The normalized spacial score (nSPS) is 16.6. The van der Waals surface area contributed by atoms with Crippen LogP contribution in [-0.4, -0.2) is 24.9 Å². The number of hydrogen-bond donors (Lipinski definition) is 2. The molecular formula is C20H30N2O2. The summed E-state index contributed by atoms with van der Waals surface area (Å²) in [4.78, 5) is 23.9. The Morgan fingerprint density at radius 3 is 2.25 bits per heavy atom. The number of amides is 2. The molecule has 1 aliphatic rings. The third-order valence-electron chi connectivity index (χ3n) is 4.89. The first kappa shape index (κ1) is 18.5. The van der Waals surface area contributed by atoms with Gasteiger partial charge in [-0.1, -0.05) is 63.9 Å². The molecule has 2 amide bonds. The summed E-state index contributed by atoms with van der Waals surface area (Å²) in [6, 6.07) is 10.5. The zero-order chi connectivity index (χ0) is 17.6. The van der Waals surface area contributed by atoms with Gasteiger partial charge >= 0.3 is 0 Å². The summed E-state index contributed by atoms with van der Waals surface area (Å²) in [5, 5.41) is 5.91. The average Bonchev–Trinajstić information content (AvgIpc) is 3.03. The van der Waals surface area contributed by atoms with E-state index in [9.17, 15) is 9.59 Å². The lowest BCUT2D eigenvalue weighted by atomic mass is 9.79. The molecule has 1 saturated carbocycles. The van der Waals surface area contributed by atoms with Crippen LogP contribution in [0.5, 0.6) is 0 Å². The van der Waals surface area contributed by atoms with E-state index in [1.54, 1.807) is 0 Å². The van der Waals surface area contributed by atoms with Gasteiger partial charge < -0.3 is 10.6 Å². The number of carbonyl (C=O) groups excluding carboxylic acids is 2. The number of hydrogen-bond acceptors (Lipinski definition) is 2. The van der Waals surface area contributed by atoms with Crippen molar-refractivity contribution in [1.29, 1.82) is 0 Å². The molecule has 1 fully saturated rings. The Balaban J connectivity index is 1.83. The molecule has 0 radical (unpaired) electrons. The Bertz CT molecular complexity index is 555. The zero-order valence-corrected chi connectivity index (χ0v) is 15.2. The first-order valence-corrected chi connectivity index (χ1v) is 8.94. The monoisotopic (exact) mass is 330 g/mol. The van der Waals surface area contributed by atoms with Gasteiger partial charge in [0.05, 0.1) is 0 Å². The van der Waals surface area contributed by atoms with E-state index in [1.165, 1.54) is 18.4 Å². The number of nitrogens with one attached hydrogen (secondary N) is 2. The van der Waals surface area contributed by atoms with E-state index in [0.717, 1.165) is 12.8 Å². The fraction of sp³-hybridized carbons (Fsp3) is 0.600. The van der Waals surface area contributed by atoms with Crippen molar-refractivity contribution in [2.45, 2.75) is 58.3 Å². The summed E-state index contributed by atoms with van der Waals surface area (Å²) in [5.41, 5.74) is 0.979. The summed E-state index contributed by atoms with van der Waals surface area (Å²) in [6.07, 6.45) is 5.00. The van der Waals surface area contributed by atoms with Gasteiger partial charge in [-0.05, 0) is 18.4 Å². The van der Waals surface area contributed by atoms with Gasteiger partial charge in [0.2, 0.25) is 11.8 Å². The molecule has 0 aliphatic heterocycles. The molecule has 132 valence electrons. The predicted octanol–water partition coefficient (Wildman–Crippen LogP) is 3.17. The minimum Gasteiger partial charge on any atom is -0.355 e. The molecule has 0 heterocycles. The molecule has 0 atom stereocenters. The first-order valence-electron chi connectivity index (χ1n) is 8.94. The second kappa shape index (κ2) is 7.82. The van der Waals surface area contributed by atoms with Crippen LogP contribution in [0, 0.1) is 5.41 Å². The molecule has 2 N–H and O–H groups in total. The van der Waals surface area contributed by atoms with Crippen LogP contribution in [0.3, 0.4) is 0 Å². The van der Waals surface area contributed by atoms with Crippen molar-refractivity contribution in [2.24, 2.45) is 5.41 Å². The number of benzene rings is 1. The van der Waals surface area contributed by atoms with Crippen molar-refractivity contribution in [3.8, 4) is 0 Å². The third kappa shape index (κ3) is 4.83. The number of rotatable bonds is 6. The highest BCUT2D eigenvalue weighted by molar-refractivity contribution is 5.82. The molecule has 4 nitrogen and oxygen atoms in total. The van der Waals surface area contributed by atoms with Crippen LogP contribution in [0.1, 0.15) is 58.4 Å². The molecule has 0 saturated heterocycles. The first-order chi connectivity index (χ1) is 11.3. The molecule has 4 heteroatoms. The van der Waals surface area contributed by atoms with E-state index in [1.807, 2.05) is 26.8 Å². The van der Waals surface area contributed by atoms with Gasteiger partial charge in [0.15, 0.2) is 0 Å². The fourth-order valence-corrected chi connectivity index (χ4v) is 3.32. The van der Waals surface area contributed by atoms with Gasteiger partial charge in [-0.15, -0.1) is 0 Å². The van der Waals surface area contributed by atoms with Gasteiger partial charge in [0.1, 0.15) is 0 Å². The van der Waals surface area contributed by atoms with Gasteiger partial charge in [-0.25, -0.2) is 0 Å². The van der Waals surface area contributed by atoms with Gasteiger partial charge in [-0.3, -0.25) is 9.59 Å². The maximum Gasteiger partial charge on any atom is 0.225 e. The van der Waals surface area contributed by atoms with E-state index < -0.39 is 5.41 Å². The Hall–Kier alpha value is -1.84. The summed E-state index contributed by atoms with van der Waals surface area (Å²) >= 11 is 0. The summed E-state index contributed by atoms with van der Waals surface area (Å²) in [5.74, 6) is -0.0155. The Kier molecular flexibility index (Phi) is 6.03. The highest BCUT2D eigenvalue weighted by Crippen LogP contribution is 2.40. The Labute approximate surface area is 145 Å². The van der Waals surface area contributed by atoms with E-state index >= 15 is 0 Å². The smallest absolute Gasteiger partial charge is 0.225 e. The zero-order valence-electron chi connectivity index (χ0n) is 15.2. The summed E-state index contributed by atoms with van der Waals surface area (Å²) in [6.45, 7) is 6.67. The molecular weight excluding hydrogens is 300 g/mol. The van der Waals surface area contributed by atoms with Crippen LogP contribution in [0.2, 0.25) is 0 Å². The molecule has 1 aliphatic carbocycles. The quantitative estimate of drug-likeness (QED) is 0.842. The lowest BCUT2D eigenvalue weighted by Crippen LogP contribution is -2.41. The molecule has 0 bridgehead atoms. The predicted molar refractivity (Wildman–Crippen MR) is 96.7 cm³/mol. The van der Waals surface area contributed by atoms with Crippen molar-refractivity contribution in [2.75, 3.05) is 13.1 Å². The second-order valence-corrected chi connectivity index (χ2v) is 7.89. The SMILES string of the molecule is CC(C)(C)C(=O)NCCC(=O)NCC1(c2ccccc2)CCCC1. The lowest BCUT2D eigenvalue weighted by molar-refractivity contribution is -0.128.